The van der Waals surface area contributed by atoms with Gasteiger partial charge in [0.2, 0.25) is 0 Å². The lowest BCUT2D eigenvalue weighted by Crippen LogP contribution is -2.25. The summed E-state index contributed by atoms with van der Waals surface area (Å²) in [5.74, 6) is -4.42. The van der Waals surface area contributed by atoms with E-state index in [1.807, 2.05) is 0 Å². The lowest BCUT2D eigenvalue weighted by molar-refractivity contribution is -0.182. The molecule has 0 fully saturated rings. The molecule has 0 aliphatic heterocycles. The van der Waals surface area contributed by atoms with E-state index in [0.29, 0.717) is 30.4 Å². The van der Waals surface area contributed by atoms with Crippen LogP contribution in [0.25, 0.3) is 0 Å². The number of ether oxygens (including phenoxy) is 1. The molecule has 0 aliphatic rings. The van der Waals surface area contributed by atoms with Crippen molar-refractivity contribution in [3.8, 4) is 5.75 Å². The Balaban J connectivity index is 2.46. The molecule has 0 N–H and O–H groups in total. The van der Waals surface area contributed by atoms with Gasteiger partial charge in [-0.05, 0) is 18.3 Å². The average molecular weight is 408 g/mol. The fourth-order valence-electron chi connectivity index (χ4n) is 3.64. The van der Waals surface area contributed by atoms with Crippen LogP contribution in [0.1, 0.15) is 85.0 Å². The van der Waals surface area contributed by atoms with E-state index in [1.54, 1.807) is 0 Å². The summed E-state index contributed by atoms with van der Waals surface area (Å²) in [7, 11) is 0. The van der Waals surface area contributed by atoms with Crippen LogP contribution in [0, 0.1) is 29.3 Å². The topological polar surface area (TPSA) is 9.23 Å². The fraction of sp³-hybridized carbons (Fsp3) is 0.727. The Morgan fingerprint density at radius 2 is 1.43 bits per heavy atom. The summed E-state index contributed by atoms with van der Waals surface area (Å²) in [5.41, 5.74) is 0. The smallest absolute Gasteiger partial charge is 0.397 e. The minimum atomic E-state index is -3.55. The molecule has 0 heterocycles. The molecule has 0 saturated heterocycles. The van der Waals surface area contributed by atoms with Crippen molar-refractivity contribution >= 4 is 0 Å². The van der Waals surface area contributed by atoms with Crippen LogP contribution in [0.3, 0.4) is 0 Å². The SMILES string of the molecule is CCCC(C)CCCC(CCC)CCCC(F)(F)Oc1cc(F)c(F)c(F)c1. The second-order valence-electron chi connectivity index (χ2n) is 7.81. The number of hydrogen-bond acceptors (Lipinski definition) is 1. The van der Waals surface area contributed by atoms with Gasteiger partial charge in [-0.15, -0.1) is 0 Å². The highest BCUT2D eigenvalue weighted by molar-refractivity contribution is 5.25. The van der Waals surface area contributed by atoms with Gasteiger partial charge >= 0.3 is 6.11 Å². The van der Waals surface area contributed by atoms with E-state index in [0.717, 1.165) is 32.1 Å². The highest BCUT2D eigenvalue weighted by atomic mass is 19.3. The van der Waals surface area contributed by atoms with Crippen molar-refractivity contribution in [1.29, 1.82) is 0 Å². The van der Waals surface area contributed by atoms with Gasteiger partial charge in [0, 0.05) is 12.1 Å². The summed E-state index contributed by atoms with van der Waals surface area (Å²) in [6.45, 7) is 6.51. The maximum atomic E-state index is 14.0. The largest absolute Gasteiger partial charge is 0.432 e. The molecule has 0 spiro atoms. The molecule has 0 saturated carbocycles. The van der Waals surface area contributed by atoms with E-state index in [2.05, 4.69) is 25.5 Å². The van der Waals surface area contributed by atoms with Gasteiger partial charge < -0.3 is 4.74 Å². The Morgan fingerprint density at radius 1 is 0.857 bits per heavy atom. The molecule has 0 radical (unpaired) electrons. The van der Waals surface area contributed by atoms with Gasteiger partial charge in [-0.3, -0.25) is 0 Å². The first-order chi connectivity index (χ1) is 13.2. The van der Waals surface area contributed by atoms with E-state index < -0.39 is 35.7 Å². The van der Waals surface area contributed by atoms with Crippen LogP contribution >= 0.6 is 0 Å². The summed E-state index contributed by atoms with van der Waals surface area (Å²) in [6.07, 6.45) is 4.53. The van der Waals surface area contributed by atoms with Crippen molar-refractivity contribution in [3.63, 3.8) is 0 Å². The second-order valence-corrected chi connectivity index (χ2v) is 7.81. The minimum absolute atomic E-state index is 0.258. The Kier molecular flexibility index (Phi) is 10.8. The Hall–Kier alpha value is -1.33. The molecule has 6 heteroatoms. The molecule has 2 atom stereocenters. The van der Waals surface area contributed by atoms with Crippen molar-refractivity contribution < 1.29 is 26.7 Å². The van der Waals surface area contributed by atoms with Crippen molar-refractivity contribution in [2.24, 2.45) is 11.8 Å². The van der Waals surface area contributed by atoms with Gasteiger partial charge in [0.1, 0.15) is 5.75 Å². The summed E-state index contributed by atoms with van der Waals surface area (Å²) < 4.78 is 71.6. The number of alkyl halides is 2. The third-order valence-corrected chi connectivity index (χ3v) is 5.09. The second kappa shape index (κ2) is 12.3. The molecule has 1 aromatic rings. The van der Waals surface area contributed by atoms with Gasteiger partial charge in [0.15, 0.2) is 17.5 Å². The molecule has 0 aliphatic carbocycles. The van der Waals surface area contributed by atoms with E-state index in [4.69, 9.17) is 0 Å². The van der Waals surface area contributed by atoms with Crippen LogP contribution in [0.15, 0.2) is 12.1 Å². The summed E-state index contributed by atoms with van der Waals surface area (Å²) >= 11 is 0. The highest BCUT2D eigenvalue weighted by Gasteiger charge is 2.32. The standard InChI is InChI=1S/C22H33F5O/c1-4-8-16(3)10-6-11-17(9-5-2)12-7-13-22(26,27)28-18-14-19(23)21(25)20(24)15-18/h14-17H,4-13H2,1-3H3. The summed E-state index contributed by atoms with van der Waals surface area (Å²) in [5, 5.41) is 0. The van der Waals surface area contributed by atoms with Crippen LogP contribution in [0.5, 0.6) is 5.75 Å². The van der Waals surface area contributed by atoms with Gasteiger partial charge in [0.25, 0.3) is 0 Å². The first-order valence-corrected chi connectivity index (χ1v) is 10.4. The normalized spacial score (nSPS) is 14.1. The molecule has 2 unspecified atom stereocenters. The van der Waals surface area contributed by atoms with Crippen molar-refractivity contribution in [2.75, 3.05) is 0 Å². The number of benzene rings is 1. The first-order valence-electron chi connectivity index (χ1n) is 10.4. The van der Waals surface area contributed by atoms with E-state index in [9.17, 15) is 22.0 Å². The molecule has 0 amide bonds. The average Bonchev–Trinajstić information content (AvgIpc) is 2.59. The Bertz CT molecular complexity index is 553. The van der Waals surface area contributed by atoms with Gasteiger partial charge in [-0.2, -0.15) is 8.78 Å². The molecular formula is C22H33F5O. The van der Waals surface area contributed by atoms with Gasteiger partial charge in [-0.1, -0.05) is 72.1 Å². The molecule has 1 aromatic carbocycles. The molecule has 162 valence electrons. The van der Waals surface area contributed by atoms with Crippen LogP contribution in [0.4, 0.5) is 22.0 Å². The number of halogens is 5. The molecular weight excluding hydrogens is 375 g/mol. The molecule has 1 nitrogen and oxygen atoms in total. The van der Waals surface area contributed by atoms with Gasteiger partial charge in [0.05, 0.1) is 6.42 Å². The zero-order valence-corrected chi connectivity index (χ0v) is 17.2. The summed E-state index contributed by atoms with van der Waals surface area (Å²) in [4.78, 5) is 0. The van der Waals surface area contributed by atoms with Crippen LogP contribution in [-0.2, 0) is 0 Å². The van der Waals surface area contributed by atoms with E-state index in [-0.39, 0.29) is 6.42 Å². The van der Waals surface area contributed by atoms with Crippen LogP contribution in [0.2, 0.25) is 0 Å². The highest BCUT2D eigenvalue weighted by Crippen LogP contribution is 2.31. The number of hydrogen-bond donors (Lipinski definition) is 0. The minimum Gasteiger partial charge on any atom is -0.432 e. The zero-order valence-electron chi connectivity index (χ0n) is 17.2. The monoisotopic (exact) mass is 408 g/mol. The lowest BCUT2D eigenvalue weighted by Gasteiger charge is -2.21. The quantitative estimate of drug-likeness (QED) is 0.222. The number of rotatable bonds is 14. The Labute approximate surface area is 165 Å². The molecule has 28 heavy (non-hydrogen) atoms. The zero-order chi connectivity index (χ0) is 21.2. The fourth-order valence-corrected chi connectivity index (χ4v) is 3.64. The molecule has 1 rings (SSSR count). The predicted octanol–water partition coefficient (Wildman–Crippen LogP) is 8.27. The Morgan fingerprint density at radius 3 is 2.00 bits per heavy atom. The van der Waals surface area contributed by atoms with Crippen LogP contribution in [-0.4, -0.2) is 6.11 Å². The molecule has 0 bridgehead atoms. The predicted molar refractivity (Wildman–Crippen MR) is 102 cm³/mol. The lowest BCUT2D eigenvalue weighted by atomic mass is 9.89. The first kappa shape index (κ1) is 24.7. The third-order valence-electron chi connectivity index (χ3n) is 5.09. The van der Waals surface area contributed by atoms with Crippen molar-refractivity contribution in [3.05, 3.63) is 29.6 Å². The summed E-state index contributed by atoms with van der Waals surface area (Å²) in [6, 6.07) is 0.868. The van der Waals surface area contributed by atoms with E-state index in [1.165, 1.54) is 12.8 Å². The molecule has 0 aromatic heterocycles. The maximum Gasteiger partial charge on any atom is 0.397 e. The maximum absolute atomic E-state index is 14.0. The van der Waals surface area contributed by atoms with Crippen molar-refractivity contribution in [1.82, 2.24) is 0 Å². The van der Waals surface area contributed by atoms with E-state index >= 15 is 0 Å². The third kappa shape index (κ3) is 9.24. The van der Waals surface area contributed by atoms with Gasteiger partial charge in [-0.25, -0.2) is 13.2 Å². The van der Waals surface area contributed by atoms with Crippen molar-refractivity contribution in [2.45, 2.75) is 91.1 Å². The van der Waals surface area contributed by atoms with Crippen LogP contribution < -0.4 is 4.74 Å².